The maximum Gasteiger partial charge on any atom is 0.273 e. The Hall–Kier alpha value is -2.75. The smallest absolute Gasteiger partial charge is 0.273 e. The van der Waals surface area contributed by atoms with Crippen molar-refractivity contribution < 1.29 is 4.74 Å². The normalized spacial score (nSPS) is 11.4. The number of ether oxygens (including phenoxy) is 1. The summed E-state index contributed by atoms with van der Waals surface area (Å²) in [7, 11) is 1.62. The molecular formula is C16H12N2O2. The Balaban J connectivity index is 2.30. The lowest BCUT2D eigenvalue weighted by atomic mass is 10.2. The highest BCUT2D eigenvalue weighted by Crippen LogP contribution is 2.26. The van der Waals surface area contributed by atoms with Crippen LogP contribution < -0.4 is 10.3 Å². The van der Waals surface area contributed by atoms with E-state index in [1.807, 2.05) is 53.1 Å². The largest absolute Gasteiger partial charge is 0.497 e. The number of para-hydroxylation sites is 2. The number of fused-ring (bicyclic) bond motifs is 5. The molecule has 0 saturated carbocycles. The van der Waals surface area contributed by atoms with Crippen LogP contribution in [0.25, 0.3) is 27.3 Å². The number of benzene rings is 2. The molecule has 4 heteroatoms. The summed E-state index contributed by atoms with van der Waals surface area (Å²) in [6.07, 6.45) is 1.99. The van der Waals surface area contributed by atoms with Gasteiger partial charge in [-0.05, 0) is 30.3 Å². The predicted molar refractivity (Wildman–Crippen MR) is 79.6 cm³/mol. The Morgan fingerprint density at radius 2 is 2.00 bits per heavy atom. The number of hydrogen-bond acceptors (Lipinski definition) is 2. The number of aromatic nitrogens is 2. The van der Waals surface area contributed by atoms with E-state index in [9.17, 15) is 4.79 Å². The number of nitrogens with one attached hydrogen (secondary N) is 1. The van der Waals surface area contributed by atoms with Gasteiger partial charge in [0.25, 0.3) is 5.56 Å². The Kier molecular flexibility index (Phi) is 2.15. The average molecular weight is 264 g/mol. The molecule has 0 aliphatic heterocycles. The van der Waals surface area contributed by atoms with Gasteiger partial charge in [-0.1, -0.05) is 12.1 Å². The number of nitrogens with zero attached hydrogens (tertiary/aromatic N) is 1. The molecule has 2 aromatic heterocycles. The van der Waals surface area contributed by atoms with Crippen LogP contribution in [0.15, 0.2) is 53.5 Å². The first-order chi connectivity index (χ1) is 9.78. The topological polar surface area (TPSA) is 46.5 Å². The summed E-state index contributed by atoms with van der Waals surface area (Å²) in [5.74, 6) is 0.748. The molecule has 0 saturated heterocycles. The molecule has 0 spiro atoms. The van der Waals surface area contributed by atoms with Crippen LogP contribution >= 0.6 is 0 Å². The van der Waals surface area contributed by atoms with Gasteiger partial charge in [-0.3, -0.25) is 4.79 Å². The van der Waals surface area contributed by atoms with Crippen LogP contribution in [0.3, 0.4) is 0 Å². The van der Waals surface area contributed by atoms with Crippen molar-refractivity contribution in [2.45, 2.75) is 0 Å². The number of rotatable bonds is 1. The highest BCUT2D eigenvalue weighted by atomic mass is 16.5. The van der Waals surface area contributed by atoms with Gasteiger partial charge < -0.3 is 14.1 Å². The number of H-pyrrole nitrogens is 1. The molecule has 4 nitrogen and oxygen atoms in total. The van der Waals surface area contributed by atoms with Gasteiger partial charge >= 0.3 is 0 Å². The van der Waals surface area contributed by atoms with E-state index in [1.165, 1.54) is 0 Å². The van der Waals surface area contributed by atoms with Gasteiger partial charge in [0.15, 0.2) is 0 Å². The molecular weight excluding hydrogens is 252 g/mol. The molecule has 0 aliphatic rings. The van der Waals surface area contributed by atoms with Crippen molar-refractivity contribution >= 4 is 27.3 Å². The maximum atomic E-state index is 12.4. The average Bonchev–Trinajstić information content (AvgIpc) is 2.86. The lowest BCUT2D eigenvalue weighted by Gasteiger charge is -2.02. The van der Waals surface area contributed by atoms with E-state index in [4.69, 9.17) is 4.74 Å². The van der Waals surface area contributed by atoms with Crippen LogP contribution in [0.4, 0.5) is 0 Å². The Labute approximate surface area is 114 Å². The molecule has 0 unspecified atom stereocenters. The summed E-state index contributed by atoms with van der Waals surface area (Å²) in [6, 6.07) is 13.5. The maximum absolute atomic E-state index is 12.4. The number of hydrogen-bond donors (Lipinski definition) is 1. The standard InChI is InChI=1S/C16H12N2O2/c1-20-11-7-6-10-9-18-14-5-3-2-4-13(14)17-16(19)15(18)12(10)8-11/h2-9H,1H3,(H,17,19). The second-order valence-electron chi connectivity index (χ2n) is 4.77. The number of methoxy groups -OCH3 is 1. The first-order valence-corrected chi connectivity index (χ1v) is 6.38. The lowest BCUT2D eigenvalue weighted by molar-refractivity contribution is 0.415. The predicted octanol–water partition coefficient (Wildman–Crippen LogP) is 2.94. The van der Waals surface area contributed by atoms with Crippen LogP contribution in [0.2, 0.25) is 0 Å². The summed E-state index contributed by atoms with van der Waals surface area (Å²) in [5, 5.41) is 1.92. The molecule has 4 rings (SSSR count). The van der Waals surface area contributed by atoms with Gasteiger partial charge in [0.1, 0.15) is 11.3 Å². The van der Waals surface area contributed by atoms with E-state index in [-0.39, 0.29) is 5.56 Å². The van der Waals surface area contributed by atoms with E-state index in [0.29, 0.717) is 5.52 Å². The van der Waals surface area contributed by atoms with E-state index in [2.05, 4.69) is 4.98 Å². The fraction of sp³-hybridized carbons (Fsp3) is 0.0625. The van der Waals surface area contributed by atoms with Crippen molar-refractivity contribution in [3.63, 3.8) is 0 Å². The minimum Gasteiger partial charge on any atom is -0.497 e. The van der Waals surface area contributed by atoms with Crippen LogP contribution in [0, 0.1) is 0 Å². The summed E-state index contributed by atoms with van der Waals surface area (Å²) < 4.78 is 7.19. The number of aromatic amines is 1. The van der Waals surface area contributed by atoms with Gasteiger partial charge in [-0.15, -0.1) is 0 Å². The van der Waals surface area contributed by atoms with Gasteiger partial charge in [0, 0.05) is 17.0 Å². The monoisotopic (exact) mass is 264 g/mol. The molecule has 4 aromatic rings. The van der Waals surface area contributed by atoms with Gasteiger partial charge in [0.05, 0.1) is 18.1 Å². The van der Waals surface area contributed by atoms with E-state index < -0.39 is 0 Å². The molecule has 0 fully saturated rings. The van der Waals surface area contributed by atoms with Crippen LogP contribution in [0.1, 0.15) is 0 Å². The third-order valence-corrected chi connectivity index (χ3v) is 3.65. The Morgan fingerprint density at radius 1 is 1.15 bits per heavy atom. The van der Waals surface area contributed by atoms with E-state index in [0.717, 1.165) is 27.6 Å². The van der Waals surface area contributed by atoms with Crippen LogP contribution in [0.5, 0.6) is 5.75 Å². The van der Waals surface area contributed by atoms with Crippen molar-refractivity contribution in [1.29, 1.82) is 0 Å². The molecule has 0 amide bonds. The fourth-order valence-corrected chi connectivity index (χ4v) is 2.71. The molecule has 2 heterocycles. The van der Waals surface area contributed by atoms with E-state index >= 15 is 0 Å². The first kappa shape index (κ1) is 11.1. The zero-order chi connectivity index (χ0) is 13.7. The van der Waals surface area contributed by atoms with Crippen molar-refractivity contribution in [1.82, 2.24) is 9.38 Å². The lowest BCUT2D eigenvalue weighted by Crippen LogP contribution is -2.09. The minimum absolute atomic E-state index is 0.0908. The summed E-state index contributed by atoms with van der Waals surface area (Å²) in [5.41, 5.74) is 2.37. The van der Waals surface area contributed by atoms with Gasteiger partial charge in [-0.25, -0.2) is 0 Å². The molecule has 98 valence electrons. The first-order valence-electron chi connectivity index (χ1n) is 6.38. The molecule has 0 bridgehead atoms. The van der Waals surface area contributed by atoms with E-state index in [1.54, 1.807) is 7.11 Å². The second kappa shape index (κ2) is 3.87. The summed E-state index contributed by atoms with van der Waals surface area (Å²) in [6.45, 7) is 0. The molecule has 0 atom stereocenters. The molecule has 1 N–H and O–H groups in total. The van der Waals surface area contributed by atoms with Crippen molar-refractivity contribution in [2.75, 3.05) is 7.11 Å². The second-order valence-corrected chi connectivity index (χ2v) is 4.77. The Bertz CT molecular complexity index is 1010. The Morgan fingerprint density at radius 3 is 2.85 bits per heavy atom. The zero-order valence-corrected chi connectivity index (χ0v) is 10.9. The highest BCUT2D eigenvalue weighted by molar-refractivity contribution is 6.00. The molecule has 0 aliphatic carbocycles. The van der Waals surface area contributed by atoms with Gasteiger partial charge in [-0.2, -0.15) is 0 Å². The van der Waals surface area contributed by atoms with Gasteiger partial charge in [0.2, 0.25) is 0 Å². The minimum atomic E-state index is -0.0908. The SMILES string of the molecule is COc1ccc2cn3c4ccccc4[nH]c(=O)c3c2c1. The zero-order valence-electron chi connectivity index (χ0n) is 10.9. The summed E-state index contributed by atoms with van der Waals surface area (Å²) in [4.78, 5) is 15.3. The van der Waals surface area contributed by atoms with Crippen molar-refractivity contribution in [2.24, 2.45) is 0 Å². The quantitative estimate of drug-likeness (QED) is 0.574. The fourth-order valence-electron chi connectivity index (χ4n) is 2.71. The third-order valence-electron chi connectivity index (χ3n) is 3.65. The van der Waals surface area contributed by atoms with Crippen LogP contribution in [-0.2, 0) is 0 Å². The van der Waals surface area contributed by atoms with Crippen LogP contribution in [-0.4, -0.2) is 16.5 Å². The molecule has 0 radical (unpaired) electrons. The molecule has 20 heavy (non-hydrogen) atoms. The molecule has 2 aromatic carbocycles. The highest BCUT2D eigenvalue weighted by Gasteiger charge is 2.10. The summed E-state index contributed by atoms with van der Waals surface area (Å²) >= 11 is 0. The van der Waals surface area contributed by atoms with Crippen molar-refractivity contribution in [3.05, 3.63) is 59.0 Å². The van der Waals surface area contributed by atoms with Crippen molar-refractivity contribution in [3.8, 4) is 5.75 Å². The third kappa shape index (κ3) is 1.39.